The molecule has 6 heteroatoms. The van der Waals surface area contributed by atoms with E-state index in [1.54, 1.807) is 12.4 Å². The molecule has 0 spiro atoms. The molecule has 0 aliphatic rings. The molecule has 4 nitrogen and oxygen atoms in total. The zero-order chi connectivity index (χ0) is 12.1. The van der Waals surface area contributed by atoms with Gasteiger partial charge in [0.05, 0.1) is 5.75 Å². The molecule has 0 saturated heterocycles. The van der Waals surface area contributed by atoms with Crippen LogP contribution in [0.5, 0.6) is 0 Å². The number of thioether (sulfide) groups is 1. The van der Waals surface area contributed by atoms with Gasteiger partial charge in [0.1, 0.15) is 0 Å². The Morgan fingerprint density at radius 1 is 1.41 bits per heavy atom. The SMILES string of the molecule is O=C(CSc1ccc(Br)cc1)Nc1ncc[nH]1. The predicted molar refractivity (Wildman–Crippen MR) is 72.1 cm³/mol. The van der Waals surface area contributed by atoms with Gasteiger partial charge < -0.3 is 4.98 Å². The number of anilines is 1. The molecule has 0 aliphatic heterocycles. The highest BCUT2D eigenvalue weighted by molar-refractivity contribution is 9.10. The average Bonchev–Trinajstić information content (AvgIpc) is 2.81. The van der Waals surface area contributed by atoms with Crippen molar-refractivity contribution in [3.63, 3.8) is 0 Å². The van der Waals surface area contributed by atoms with Crippen molar-refractivity contribution in [2.75, 3.05) is 11.1 Å². The Hall–Kier alpha value is -1.27. The van der Waals surface area contributed by atoms with Crippen molar-refractivity contribution in [1.29, 1.82) is 0 Å². The lowest BCUT2D eigenvalue weighted by Crippen LogP contribution is -2.14. The zero-order valence-corrected chi connectivity index (χ0v) is 11.2. The van der Waals surface area contributed by atoms with Crippen molar-refractivity contribution in [3.8, 4) is 0 Å². The van der Waals surface area contributed by atoms with Crippen molar-refractivity contribution in [2.45, 2.75) is 4.90 Å². The molecule has 2 aromatic rings. The quantitative estimate of drug-likeness (QED) is 0.854. The summed E-state index contributed by atoms with van der Waals surface area (Å²) in [5, 5.41) is 2.67. The maximum atomic E-state index is 11.5. The van der Waals surface area contributed by atoms with Gasteiger partial charge in [-0.2, -0.15) is 0 Å². The summed E-state index contributed by atoms with van der Waals surface area (Å²) in [6.45, 7) is 0. The molecule has 2 rings (SSSR count). The highest BCUT2D eigenvalue weighted by atomic mass is 79.9. The van der Waals surface area contributed by atoms with Crippen LogP contribution in [0.2, 0.25) is 0 Å². The molecule has 0 saturated carbocycles. The van der Waals surface area contributed by atoms with Crippen LogP contribution in [0.3, 0.4) is 0 Å². The van der Waals surface area contributed by atoms with Crippen molar-refractivity contribution >= 4 is 39.5 Å². The molecule has 1 aromatic carbocycles. The number of aromatic amines is 1. The van der Waals surface area contributed by atoms with E-state index in [1.165, 1.54) is 11.8 Å². The third-order valence-corrected chi connectivity index (χ3v) is 3.48. The van der Waals surface area contributed by atoms with Gasteiger partial charge in [0.15, 0.2) is 0 Å². The predicted octanol–water partition coefficient (Wildman–Crippen LogP) is 2.90. The van der Waals surface area contributed by atoms with E-state index in [4.69, 9.17) is 0 Å². The minimum absolute atomic E-state index is 0.0760. The normalized spacial score (nSPS) is 10.2. The van der Waals surface area contributed by atoms with Crippen LogP contribution in [-0.2, 0) is 4.79 Å². The molecule has 0 radical (unpaired) electrons. The fourth-order valence-electron chi connectivity index (χ4n) is 1.18. The van der Waals surface area contributed by atoms with Gasteiger partial charge in [-0.1, -0.05) is 15.9 Å². The molecule has 88 valence electrons. The first-order valence-corrected chi connectivity index (χ1v) is 6.69. The van der Waals surface area contributed by atoms with Crippen LogP contribution in [0.25, 0.3) is 0 Å². The number of nitrogens with one attached hydrogen (secondary N) is 2. The first kappa shape index (κ1) is 12.2. The summed E-state index contributed by atoms with van der Waals surface area (Å²) in [5.74, 6) is 0.766. The molecule has 0 aliphatic carbocycles. The van der Waals surface area contributed by atoms with E-state index < -0.39 is 0 Å². The molecular formula is C11H10BrN3OS. The van der Waals surface area contributed by atoms with E-state index in [9.17, 15) is 4.79 Å². The summed E-state index contributed by atoms with van der Waals surface area (Å²) in [6.07, 6.45) is 3.26. The van der Waals surface area contributed by atoms with Gasteiger partial charge in [0.25, 0.3) is 0 Å². The van der Waals surface area contributed by atoms with Gasteiger partial charge in [-0.3, -0.25) is 10.1 Å². The van der Waals surface area contributed by atoms with E-state index in [2.05, 4.69) is 31.2 Å². The van der Waals surface area contributed by atoms with Gasteiger partial charge in [-0.25, -0.2) is 4.98 Å². The van der Waals surface area contributed by atoms with E-state index in [0.717, 1.165) is 9.37 Å². The van der Waals surface area contributed by atoms with Crippen LogP contribution in [0.15, 0.2) is 46.0 Å². The molecule has 1 heterocycles. The number of nitrogens with zero attached hydrogens (tertiary/aromatic N) is 1. The van der Waals surface area contributed by atoms with Crippen LogP contribution < -0.4 is 5.32 Å². The number of hydrogen-bond donors (Lipinski definition) is 2. The van der Waals surface area contributed by atoms with Crippen molar-refractivity contribution in [2.24, 2.45) is 0 Å². The maximum Gasteiger partial charge on any atom is 0.237 e. The lowest BCUT2D eigenvalue weighted by molar-refractivity contribution is -0.113. The summed E-state index contributed by atoms with van der Waals surface area (Å²) in [4.78, 5) is 19.3. The second kappa shape index (κ2) is 5.88. The highest BCUT2D eigenvalue weighted by Crippen LogP contribution is 2.20. The van der Waals surface area contributed by atoms with Gasteiger partial charge in [0.2, 0.25) is 11.9 Å². The Kier molecular flexibility index (Phi) is 4.22. The first-order chi connectivity index (χ1) is 8.24. The summed E-state index contributed by atoms with van der Waals surface area (Å²) in [6, 6.07) is 7.84. The number of halogens is 1. The molecular weight excluding hydrogens is 302 g/mol. The van der Waals surface area contributed by atoms with Gasteiger partial charge in [-0.15, -0.1) is 11.8 Å². The number of hydrogen-bond acceptors (Lipinski definition) is 3. The topological polar surface area (TPSA) is 57.8 Å². The fourth-order valence-corrected chi connectivity index (χ4v) is 2.14. The minimum Gasteiger partial charge on any atom is -0.331 e. The molecule has 0 unspecified atom stereocenters. The second-order valence-electron chi connectivity index (χ2n) is 3.23. The fraction of sp³-hybridized carbons (Fsp3) is 0.0909. The molecule has 2 N–H and O–H groups in total. The first-order valence-electron chi connectivity index (χ1n) is 4.91. The number of imidazole rings is 1. The van der Waals surface area contributed by atoms with Crippen molar-refractivity contribution in [1.82, 2.24) is 9.97 Å². The number of carbonyl (C=O) groups is 1. The molecule has 0 fully saturated rings. The number of aromatic nitrogens is 2. The van der Waals surface area contributed by atoms with Crippen molar-refractivity contribution < 1.29 is 4.79 Å². The number of benzene rings is 1. The maximum absolute atomic E-state index is 11.5. The van der Waals surface area contributed by atoms with Crippen LogP contribution >= 0.6 is 27.7 Å². The summed E-state index contributed by atoms with van der Waals surface area (Å²) in [5.41, 5.74) is 0. The van der Waals surface area contributed by atoms with E-state index >= 15 is 0 Å². The summed E-state index contributed by atoms with van der Waals surface area (Å²) >= 11 is 4.85. The van der Waals surface area contributed by atoms with Crippen LogP contribution in [0.4, 0.5) is 5.95 Å². The zero-order valence-electron chi connectivity index (χ0n) is 8.81. The number of amides is 1. The van der Waals surface area contributed by atoms with E-state index in [0.29, 0.717) is 11.7 Å². The van der Waals surface area contributed by atoms with E-state index in [-0.39, 0.29) is 5.91 Å². The van der Waals surface area contributed by atoms with Crippen LogP contribution in [-0.4, -0.2) is 21.6 Å². The Balaban J connectivity index is 1.82. The summed E-state index contributed by atoms with van der Waals surface area (Å²) in [7, 11) is 0. The lowest BCUT2D eigenvalue weighted by atomic mass is 10.4. The molecule has 1 aromatic heterocycles. The van der Waals surface area contributed by atoms with Crippen LogP contribution in [0, 0.1) is 0 Å². The van der Waals surface area contributed by atoms with E-state index in [1.807, 2.05) is 24.3 Å². The Morgan fingerprint density at radius 2 is 2.18 bits per heavy atom. The van der Waals surface area contributed by atoms with Crippen LogP contribution in [0.1, 0.15) is 0 Å². The largest absolute Gasteiger partial charge is 0.331 e. The van der Waals surface area contributed by atoms with Gasteiger partial charge >= 0.3 is 0 Å². The number of carbonyl (C=O) groups excluding carboxylic acids is 1. The summed E-state index contributed by atoms with van der Waals surface area (Å²) < 4.78 is 1.03. The minimum atomic E-state index is -0.0760. The van der Waals surface area contributed by atoms with Gasteiger partial charge in [0, 0.05) is 21.8 Å². The van der Waals surface area contributed by atoms with Gasteiger partial charge in [-0.05, 0) is 24.3 Å². The highest BCUT2D eigenvalue weighted by Gasteiger charge is 2.04. The number of rotatable bonds is 4. The molecule has 0 bridgehead atoms. The standard InChI is InChI=1S/C11H10BrN3OS/c12-8-1-3-9(4-2-8)17-7-10(16)15-11-13-5-6-14-11/h1-6H,7H2,(H2,13,14,15,16). The second-order valence-corrected chi connectivity index (χ2v) is 5.19. The Morgan fingerprint density at radius 3 is 2.82 bits per heavy atom. The number of H-pyrrole nitrogens is 1. The lowest BCUT2D eigenvalue weighted by Gasteiger charge is -2.02. The van der Waals surface area contributed by atoms with Crippen molar-refractivity contribution in [3.05, 3.63) is 41.1 Å². The molecule has 17 heavy (non-hydrogen) atoms. The third-order valence-electron chi connectivity index (χ3n) is 1.94. The Bertz CT molecular complexity index is 484. The molecule has 0 atom stereocenters. The third kappa shape index (κ3) is 3.90. The Labute approximate surface area is 111 Å². The average molecular weight is 312 g/mol. The monoisotopic (exact) mass is 311 g/mol. The smallest absolute Gasteiger partial charge is 0.237 e. The molecule has 1 amide bonds.